The van der Waals surface area contributed by atoms with Crippen LogP contribution in [0.3, 0.4) is 0 Å². The number of hydrogen-bond donors (Lipinski definition) is 0. The Morgan fingerprint density at radius 3 is 2.67 bits per heavy atom. The molecule has 3 rings (SSSR count). The lowest BCUT2D eigenvalue weighted by Gasteiger charge is -2.35. The molecule has 0 unspecified atom stereocenters. The molecular formula is C17H28N4O3. The number of amides is 1. The molecule has 134 valence electrons. The van der Waals surface area contributed by atoms with E-state index in [1.807, 2.05) is 18.9 Å². The summed E-state index contributed by atoms with van der Waals surface area (Å²) in [5, 5.41) is 4.56. The first-order valence-corrected chi connectivity index (χ1v) is 8.73. The lowest BCUT2D eigenvalue weighted by molar-refractivity contribution is -0.00716. The van der Waals surface area contributed by atoms with Crippen LogP contribution in [0.4, 0.5) is 0 Å². The highest BCUT2D eigenvalue weighted by atomic mass is 16.5. The Labute approximate surface area is 143 Å². The molecule has 0 N–H and O–H groups in total. The third-order valence-corrected chi connectivity index (χ3v) is 4.96. The van der Waals surface area contributed by atoms with E-state index in [1.165, 1.54) is 0 Å². The molecule has 0 spiro atoms. The maximum absolute atomic E-state index is 13.1. The summed E-state index contributed by atoms with van der Waals surface area (Å²) >= 11 is 0. The van der Waals surface area contributed by atoms with Crippen LogP contribution in [0.25, 0.3) is 0 Å². The van der Waals surface area contributed by atoms with Gasteiger partial charge in [-0.05, 0) is 13.8 Å². The standard InChI is InChI=1S/C17H28N4O3/c1-12-11-14-15(13(2)24-12)18-19(3)16(14)17(22)21-7-5-20(6-8-21)9-10-23-4/h12-13H,5-11H2,1-4H3/t12-,13+/m1/s1. The van der Waals surface area contributed by atoms with E-state index in [9.17, 15) is 4.79 Å². The zero-order valence-electron chi connectivity index (χ0n) is 15.1. The third kappa shape index (κ3) is 3.34. The first-order valence-electron chi connectivity index (χ1n) is 8.73. The van der Waals surface area contributed by atoms with Gasteiger partial charge < -0.3 is 14.4 Å². The molecule has 7 nitrogen and oxygen atoms in total. The number of fused-ring (bicyclic) bond motifs is 1. The summed E-state index contributed by atoms with van der Waals surface area (Å²) in [6, 6.07) is 0. The van der Waals surface area contributed by atoms with Crippen LogP contribution in [0, 0.1) is 0 Å². The van der Waals surface area contributed by atoms with Gasteiger partial charge in [0.1, 0.15) is 5.69 Å². The van der Waals surface area contributed by atoms with Crippen LogP contribution in [0.2, 0.25) is 0 Å². The van der Waals surface area contributed by atoms with Crippen molar-refractivity contribution in [1.29, 1.82) is 0 Å². The minimum absolute atomic E-state index is 0.0533. The van der Waals surface area contributed by atoms with Crippen LogP contribution >= 0.6 is 0 Å². The van der Waals surface area contributed by atoms with Crippen LogP contribution in [-0.4, -0.2) is 78.0 Å². The number of aromatic nitrogens is 2. The molecule has 0 aromatic carbocycles. The third-order valence-electron chi connectivity index (χ3n) is 4.96. The predicted octanol–water partition coefficient (Wildman–Crippen LogP) is 0.847. The Hall–Kier alpha value is -1.44. The van der Waals surface area contributed by atoms with Gasteiger partial charge in [-0.15, -0.1) is 0 Å². The number of carbonyl (C=O) groups excluding carboxylic acids is 1. The normalized spacial score (nSPS) is 24.9. The fourth-order valence-electron chi connectivity index (χ4n) is 3.68. The molecule has 2 atom stereocenters. The molecule has 0 saturated carbocycles. The van der Waals surface area contributed by atoms with E-state index >= 15 is 0 Å². The van der Waals surface area contributed by atoms with Crippen molar-refractivity contribution < 1.29 is 14.3 Å². The first kappa shape index (κ1) is 17.4. The molecule has 1 aromatic heterocycles. The summed E-state index contributed by atoms with van der Waals surface area (Å²) in [4.78, 5) is 17.4. The van der Waals surface area contributed by atoms with E-state index in [0.717, 1.165) is 62.7 Å². The summed E-state index contributed by atoms with van der Waals surface area (Å²) in [5.41, 5.74) is 2.71. The van der Waals surface area contributed by atoms with Crippen LogP contribution in [0.1, 0.15) is 41.7 Å². The van der Waals surface area contributed by atoms with E-state index in [-0.39, 0.29) is 18.1 Å². The molecular weight excluding hydrogens is 308 g/mol. The Bertz CT molecular complexity index is 593. The number of aryl methyl sites for hydroxylation is 1. The van der Waals surface area contributed by atoms with Gasteiger partial charge >= 0.3 is 0 Å². The first-order chi connectivity index (χ1) is 11.5. The number of piperazine rings is 1. The SMILES string of the molecule is COCCN1CCN(C(=O)c2c3c(nn2C)[C@H](C)O[C@H](C)C3)CC1. The number of carbonyl (C=O) groups is 1. The topological polar surface area (TPSA) is 59.8 Å². The monoisotopic (exact) mass is 336 g/mol. The molecule has 0 bridgehead atoms. The van der Waals surface area contributed by atoms with Crippen LogP contribution < -0.4 is 0 Å². The second-order valence-electron chi connectivity index (χ2n) is 6.76. The van der Waals surface area contributed by atoms with Gasteiger partial charge in [0.25, 0.3) is 5.91 Å². The second kappa shape index (κ2) is 7.21. The van der Waals surface area contributed by atoms with Crippen molar-refractivity contribution in [3.05, 3.63) is 17.0 Å². The fourth-order valence-corrected chi connectivity index (χ4v) is 3.68. The van der Waals surface area contributed by atoms with Crippen LogP contribution in [-0.2, 0) is 22.9 Å². The summed E-state index contributed by atoms with van der Waals surface area (Å²) in [7, 11) is 3.58. The zero-order chi connectivity index (χ0) is 17.3. The quantitative estimate of drug-likeness (QED) is 0.816. The summed E-state index contributed by atoms with van der Waals surface area (Å²) < 4.78 is 12.7. The average molecular weight is 336 g/mol. The van der Waals surface area contributed by atoms with E-state index in [2.05, 4.69) is 16.9 Å². The van der Waals surface area contributed by atoms with Crippen molar-refractivity contribution in [3.8, 4) is 0 Å². The van der Waals surface area contributed by atoms with Gasteiger partial charge in [0.05, 0.1) is 24.5 Å². The van der Waals surface area contributed by atoms with E-state index in [4.69, 9.17) is 9.47 Å². The maximum atomic E-state index is 13.1. The predicted molar refractivity (Wildman–Crippen MR) is 90.1 cm³/mol. The highest BCUT2D eigenvalue weighted by Crippen LogP contribution is 2.31. The molecule has 2 aliphatic rings. The molecule has 24 heavy (non-hydrogen) atoms. The maximum Gasteiger partial charge on any atom is 0.272 e. The lowest BCUT2D eigenvalue weighted by atomic mass is 9.99. The van der Waals surface area contributed by atoms with Crippen molar-refractivity contribution in [2.75, 3.05) is 46.4 Å². The van der Waals surface area contributed by atoms with E-state index in [0.29, 0.717) is 0 Å². The summed E-state index contributed by atoms with van der Waals surface area (Å²) in [6.45, 7) is 9.01. The second-order valence-corrected chi connectivity index (χ2v) is 6.76. The molecule has 7 heteroatoms. The van der Waals surface area contributed by atoms with Gasteiger partial charge in [0, 0.05) is 58.9 Å². The Balaban J connectivity index is 1.73. The van der Waals surface area contributed by atoms with Gasteiger partial charge in [0.15, 0.2) is 0 Å². The molecule has 0 aliphatic carbocycles. The fraction of sp³-hybridized carbons (Fsp3) is 0.765. The van der Waals surface area contributed by atoms with E-state index < -0.39 is 0 Å². The summed E-state index contributed by atoms with van der Waals surface area (Å²) in [6.07, 6.45) is 0.819. The number of methoxy groups -OCH3 is 1. The van der Waals surface area contributed by atoms with Gasteiger partial charge in [-0.25, -0.2) is 0 Å². The lowest BCUT2D eigenvalue weighted by Crippen LogP contribution is -2.49. The zero-order valence-corrected chi connectivity index (χ0v) is 15.1. The molecule has 1 aromatic rings. The molecule has 3 heterocycles. The van der Waals surface area contributed by atoms with Gasteiger partial charge in [0.2, 0.25) is 0 Å². The highest BCUT2D eigenvalue weighted by Gasteiger charge is 2.33. The minimum Gasteiger partial charge on any atom is -0.383 e. The van der Waals surface area contributed by atoms with Crippen molar-refractivity contribution in [2.45, 2.75) is 32.5 Å². The molecule has 0 radical (unpaired) electrons. The van der Waals surface area contributed by atoms with E-state index in [1.54, 1.807) is 11.8 Å². The van der Waals surface area contributed by atoms with Crippen LogP contribution in [0.5, 0.6) is 0 Å². The average Bonchev–Trinajstić information content (AvgIpc) is 2.89. The minimum atomic E-state index is -0.0533. The van der Waals surface area contributed by atoms with Crippen molar-refractivity contribution in [1.82, 2.24) is 19.6 Å². The number of hydrogen-bond acceptors (Lipinski definition) is 5. The number of nitrogens with zero attached hydrogens (tertiary/aromatic N) is 4. The largest absolute Gasteiger partial charge is 0.383 e. The van der Waals surface area contributed by atoms with Crippen molar-refractivity contribution in [3.63, 3.8) is 0 Å². The Morgan fingerprint density at radius 2 is 2.00 bits per heavy atom. The Morgan fingerprint density at radius 1 is 1.29 bits per heavy atom. The van der Waals surface area contributed by atoms with Crippen LogP contribution in [0.15, 0.2) is 0 Å². The van der Waals surface area contributed by atoms with Gasteiger partial charge in [-0.1, -0.05) is 0 Å². The smallest absolute Gasteiger partial charge is 0.272 e. The van der Waals surface area contributed by atoms with Gasteiger partial charge in [-0.3, -0.25) is 14.4 Å². The molecule has 1 saturated heterocycles. The van der Waals surface area contributed by atoms with Crippen molar-refractivity contribution in [2.24, 2.45) is 7.05 Å². The molecule has 1 fully saturated rings. The number of ether oxygens (including phenoxy) is 2. The Kier molecular flexibility index (Phi) is 5.22. The molecule has 1 amide bonds. The van der Waals surface area contributed by atoms with Crippen molar-refractivity contribution >= 4 is 5.91 Å². The molecule has 2 aliphatic heterocycles. The van der Waals surface area contributed by atoms with Gasteiger partial charge in [-0.2, -0.15) is 5.10 Å². The number of rotatable bonds is 4. The highest BCUT2D eigenvalue weighted by molar-refractivity contribution is 5.94. The summed E-state index contributed by atoms with van der Waals surface area (Å²) in [5.74, 6) is 0.0962.